The van der Waals surface area contributed by atoms with E-state index in [-0.39, 0.29) is 36.4 Å². The maximum absolute atomic E-state index is 13.5. The molecule has 6 nitrogen and oxygen atoms in total. The van der Waals surface area contributed by atoms with Gasteiger partial charge in [-0.15, -0.1) is 0 Å². The largest absolute Gasteiger partial charge is 0.462 e. The number of hydrogen-bond acceptors (Lipinski definition) is 5. The van der Waals surface area contributed by atoms with Crippen LogP contribution in [0.4, 0.5) is 10.1 Å². The second kappa shape index (κ2) is 11.9. The zero-order chi connectivity index (χ0) is 21.1. The Morgan fingerprint density at radius 2 is 1.76 bits per heavy atom. The van der Waals surface area contributed by atoms with Crippen LogP contribution in [0.25, 0.3) is 0 Å². The third-order valence-electron chi connectivity index (χ3n) is 3.82. The van der Waals surface area contributed by atoms with Crippen molar-refractivity contribution in [1.82, 2.24) is 5.32 Å². The summed E-state index contributed by atoms with van der Waals surface area (Å²) in [4.78, 5) is 35.4. The first-order valence-corrected chi connectivity index (χ1v) is 10.3. The van der Waals surface area contributed by atoms with E-state index < -0.39 is 5.97 Å². The normalized spacial score (nSPS) is 10.3. The summed E-state index contributed by atoms with van der Waals surface area (Å²) in [6.07, 6.45) is 0.237. The smallest absolute Gasteiger partial charge is 0.338 e. The van der Waals surface area contributed by atoms with Gasteiger partial charge in [0.15, 0.2) is 0 Å². The number of nitrogens with one attached hydrogen (secondary N) is 2. The standard InChI is InChI=1S/C21H23FN2O4S/c1-2-28-21(27)15-7-9-17(10-8-15)24-20(26)14-29-12-11-19(25)23-13-16-5-3-4-6-18(16)22/h3-10H,2,11-14H2,1H3,(H,23,25)(H,24,26). The van der Waals surface area contributed by atoms with Crippen molar-refractivity contribution in [3.05, 3.63) is 65.5 Å². The predicted molar refractivity (Wildman–Crippen MR) is 111 cm³/mol. The lowest BCUT2D eigenvalue weighted by molar-refractivity contribution is -0.121. The lowest BCUT2D eigenvalue weighted by Gasteiger charge is -2.07. The molecule has 8 heteroatoms. The summed E-state index contributed by atoms with van der Waals surface area (Å²) in [5.41, 5.74) is 1.42. The van der Waals surface area contributed by atoms with Gasteiger partial charge in [0, 0.05) is 30.0 Å². The Balaban J connectivity index is 1.63. The fourth-order valence-corrected chi connectivity index (χ4v) is 3.09. The van der Waals surface area contributed by atoms with Gasteiger partial charge in [-0.25, -0.2) is 9.18 Å². The number of rotatable bonds is 10. The van der Waals surface area contributed by atoms with E-state index in [9.17, 15) is 18.8 Å². The summed E-state index contributed by atoms with van der Waals surface area (Å²) in [5.74, 6) is -0.497. The van der Waals surface area contributed by atoms with Crippen LogP contribution in [0, 0.1) is 5.82 Å². The fraction of sp³-hybridized carbons (Fsp3) is 0.286. The molecule has 0 unspecified atom stereocenters. The van der Waals surface area contributed by atoms with Gasteiger partial charge in [0.25, 0.3) is 0 Å². The van der Waals surface area contributed by atoms with Crippen molar-refractivity contribution >= 4 is 35.2 Å². The molecule has 2 amide bonds. The van der Waals surface area contributed by atoms with Crippen molar-refractivity contribution in [3.63, 3.8) is 0 Å². The van der Waals surface area contributed by atoms with Crippen molar-refractivity contribution in [2.24, 2.45) is 0 Å². The van der Waals surface area contributed by atoms with Gasteiger partial charge in [0.1, 0.15) is 5.82 Å². The lowest BCUT2D eigenvalue weighted by atomic mass is 10.2. The van der Waals surface area contributed by atoms with Crippen molar-refractivity contribution in [2.45, 2.75) is 19.9 Å². The molecule has 0 heterocycles. The average molecular weight is 418 g/mol. The Morgan fingerprint density at radius 3 is 2.45 bits per heavy atom. The van der Waals surface area contributed by atoms with Crippen LogP contribution in [-0.4, -0.2) is 35.9 Å². The molecule has 154 valence electrons. The van der Waals surface area contributed by atoms with Crippen molar-refractivity contribution in [2.75, 3.05) is 23.4 Å². The number of hydrogen-bond donors (Lipinski definition) is 2. The number of thioether (sulfide) groups is 1. The van der Waals surface area contributed by atoms with Gasteiger partial charge in [0.2, 0.25) is 11.8 Å². The van der Waals surface area contributed by atoms with E-state index in [1.54, 1.807) is 49.4 Å². The maximum Gasteiger partial charge on any atom is 0.338 e. The Hall–Kier alpha value is -2.87. The molecule has 0 bridgehead atoms. The highest BCUT2D eigenvalue weighted by Gasteiger charge is 2.08. The van der Waals surface area contributed by atoms with Crippen LogP contribution < -0.4 is 10.6 Å². The Bertz CT molecular complexity index is 843. The number of carbonyl (C=O) groups is 3. The zero-order valence-electron chi connectivity index (χ0n) is 16.1. The minimum absolute atomic E-state index is 0.137. The van der Waals surface area contributed by atoms with Crippen LogP contribution in [0.2, 0.25) is 0 Å². The van der Waals surface area contributed by atoms with Gasteiger partial charge in [-0.3, -0.25) is 9.59 Å². The molecule has 0 aliphatic carbocycles. The average Bonchev–Trinajstić information content (AvgIpc) is 2.71. The van der Waals surface area contributed by atoms with E-state index in [1.165, 1.54) is 17.8 Å². The SMILES string of the molecule is CCOC(=O)c1ccc(NC(=O)CSCCC(=O)NCc2ccccc2F)cc1. The van der Waals surface area contributed by atoms with Crippen LogP contribution in [0.1, 0.15) is 29.3 Å². The monoisotopic (exact) mass is 418 g/mol. The Morgan fingerprint density at radius 1 is 1.03 bits per heavy atom. The highest BCUT2D eigenvalue weighted by molar-refractivity contribution is 7.99. The molecule has 0 spiro atoms. The van der Waals surface area contributed by atoms with Gasteiger partial charge >= 0.3 is 5.97 Å². The number of benzene rings is 2. The van der Waals surface area contributed by atoms with Crippen LogP contribution >= 0.6 is 11.8 Å². The van der Waals surface area contributed by atoms with Crippen molar-refractivity contribution < 1.29 is 23.5 Å². The minimum Gasteiger partial charge on any atom is -0.462 e. The summed E-state index contributed by atoms with van der Waals surface area (Å²) >= 11 is 1.33. The molecule has 0 aliphatic rings. The maximum atomic E-state index is 13.5. The molecule has 0 atom stereocenters. The number of carbonyl (C=O) groups excluding carboxylic acids is 3. The topological polar surface area (TPSA) is 84.5 Å². The van der Waals surface area contributed by atoms with Crippen molar-refractivity contribution in [1.29, 1.82) is 0 Å². The lowest BCUT2D eigenvalue weighted by Crippen LogP contribution is -2.23. The van der Waals surface area contributed by atoms with Gasteiger partial charge in [0.05, 0.1) is 17.9 Å². The van der Waals surface area contributed by atoms with Crippen LogP contribution in [-0.2, 0) is 20.9 Å². The van der Waals surface area contributed by atoms with Crippen LogP contribution in [0.3, 0.4) is 0 Å². The van der Waals surface area contributed by atoms with Gasteiger partial charge in [-0.05, 0) is 37.3 Å². The third kappa shape index (κ3) is 7.95. The molecular formula is C21H23FN2O4S. The summed E-state index contributed by atoms with van der Waals surface area (Å²) in [5, 5.41) is 5.39. The Labute approximate surface area is 173 Å². The molecule has 2 N–H and O–H groups in total. The molecule has 29 heavy (non-hydrogen) atoms. The van der Waals surface area contributed by atoms with E-state index in [0.29, 0.717) is 29.2 Å². The highest BCUT2D eigenvalue weighted by atomic mass is 32.2. The van der Waals surface area contributed by atoms with Gasteiger partial charge in [-0.1, -0.05) is 18.2 Å². The molecule has 2 rings (SSSR count). The fourth-order valence-electron chi connectivity index (χ4n) is 2.35. The third-order valence-corrected chi connectivity index (χ3v) is 4.78. The van der Waals surface area contributed by atoms with Crippen LogP contribution in [0.5, 0.6) is 0 Å². The second-order valence-corrected chi connectivity index (χ2v) is 7.12. The molecular weight excluding hydrogens is 395 g/mol. The first-order valence-electron chi connectivity index (χ1n) is 9.14. The summed E-state index contributed by atoms with van der Waals surface area (Å²) in [6.45, 7) is 2.17. The van der Waals surface area contributed by atoms with Crippen LogP contribution in [0.15, 0.2) is 48.5 Å². The van der Waals surface area contributed by atoms with Crippen molar-refractivity contribution in [3.8, 4) is 0 Å². The van der Waals surface area contributed by atoms with E-state index >= 15 is 0 Å². The number of esters is 1. The molecule has 0 radical (unpaired) electrons. The number of anilines is 1. The van der Waals surface area contributed by atoms with E-state index in [4.69, 9.17) is 4.74 Å². The molecule has 0 aliphatic heterocycles. The summed E-state index contributed by atoms with van der Waals surface area (Å²) in [7, 11) is 0. The number of halogens is 1. The number of ether oxygens (including phenoxy) is 1. The molecule has 0 saturated heterocycles. The van der Waals surface area contributed by atoms with E-state index in [1.807, 2.05) is 0 Å². The molecule has 2 aromatic carbocycles. The molecule has 0 fully saturated rings. The molecule has 0 saturated carbocycles. The minimum atomic E-state index is -0.408. The molecule has 0 aromatic heterocycles. The number of amides is 2. The molecule has 2 aromatic rings. The first-order chi connectivity index (χ1) is 14.0. The quantitative estimate of drug-likeness (QED) is 0.456. The predicted octanol–water partition coefficient (Wildman–Crippen LogP) is 3.38. The van der Waals surface area contributed by atoms with Gasteiger partial charge < -0.3 is 15.4 Å². The highest BCUT2D eigenvalue weighted by Crippen LogP contribution is 2.12. The second-order valence-electron chi connectivity index (χ2n) is 6.02. The van der Waals surface area contributed by atoms with E-state index in [2.05, 4.69) is 10.6 Å². The Kier molecular flexibility index (Phi) is 9.17. The zero-order valence-corrected chi connectivity index (χ0v) is 16.9. The van der Waals surface area contributed by atoms with Gasteiger partial charge in [-0.2, -0.15) is 11.8 Å². The summed E-state index contributed by atoms with van der Waals surface area (Å²) in [6, 6.07) is 12.7. The van der Waals surface area contributed by atoms with E-state index in [0.717, 1.165) is 0 Å². The first kappa shape index (κ1) is 22.4. The summed E-state index contributed by atoms with van der Waals surface area (Å²) < 4.78 is 18.4.